The molecule has 0 saturated heterocycles. The van der Waals surface area contributed by atoms with E-state index in [0.29, 0.717) is 5.92 Å². The lowest BCUT2D eigenvalue weighted by Gasteiger charge is -2.02. The lowest BCUT2D eigenvalue weighted by Crippen LogP contribution is -2.22. The number of fused-ring (bicyclic) bond motifs is 1. The zero-order chi connectivity index (χ0) is 13.7. The van der Waals surface area contributed by atoms with Gasteiger partial charge in [0, 0.05) is 24.5 Å². The minimum Gasteiger partial charge on any atom is -0.290 e. The molecule has 0 aromatic carbocycles. The molecule has 0 amide bonds. The van der Waals surface area contributed by atoms with Gasteiger partial charge in [-0.25, -0.2) is 9.78 Å². The Morgan fingerprint density at radius 1 is 1.35 bits per heavy atom. The summed E-state index contributed by atoms with van der Waals surface area (Å²) < 4.78 is 3.53. The highest BCUT2D eigenvalue weighted by molar-refractivity contribution is 7.08. The first-order valence-corrected chi connectivity index (χ1v) is 7.77. The van der Waals surface area contributed by atoms with E-state index in [1.807, 2.05) is 22.1 Å². The maximum atomic E-state index is 12.3. The Kier molecular flexibility index (Phi) is 2.57. The minimum absolute atomic E-state index is 0.0434. The van der Waals surface area contributed by atoms with Gasteiger partial charge in [-0.3, -0.25) is 9.13 Å². The Hall–Kier alpha value is -1.88. The molecule has 3 heterocycles. The molecule has 3 aromatic heterocycles. The van der Waals surface area contributed by atoms with Crippen LogP contribution in [-0.2, 0) is 13.6 Å². The Morgan fingerprint density at radius 2 is 2.20 bits per heavy atom. The van der Waals surface area contributed by atoms with Crippen LogP contribution in [0.3, 0.4) is 0 Å². The second-order valence-corrected chi connectivity index (χ2v) is 6.23. The van der Waals surface area contributed by atoms with Gasteiger partial charge in [-0.1, -0.05) is 0 Å². The van der Waals surface area contributed by atoms with E-state index in [9.17, 15) is 4.79 Å². The maximum absolute atomic E-state index is 12.3. The predicted molar refractivity (Wildman–Crippen MR) is 81.0 cm³/mol. The van der Waals surface area contributed by atoms with Crippen molar-refractivity contribution in [2.24, 2.45) is 13.0 Å². The summed E-state index contributed by atoms with van der Waals surface area (Å²) in [6, 6.07) is 6.09. The summed E-state index contributed by atoms with van der Waals surface area (Å²) in [6.45, 7) is 0.829. The lowest BCUT2D eigenvalue weighted by molar-refractivity contribution is 0.609. The molecule has 0 atom stereocenters. The number of pyridine rings is 1. The molecule has 1 saturated carbocycles. The maximum Gasteiger partial charge on any atom is 0.330 e. The third kappa shape index (κ3) is 1.81. The number of aromatic nitrogens is 3. The van der Waals surface area contributed by atoms with Gasteiger partial charge >= 0.3 is 5.69 Å². The number of aryl methyl sites for hydroxylation is 1. The van der Waals surface area contributed by atoms with Crippen LogP contribution in [0.25, 0.3) is 22.4 Å². The van der Waals surface area contributed by atoms with E-state index in [1.54, 1.807) is 23.0 Å². The Bertz CT molecular complexity index is 825. The highest BCUT2D eigenvalue weighted by atomic mass is 32.1. The molecule has 1 aliphatic carbocycles. The van der Waals surface area contributed by atoms with Crippen LogP contribution in [0.2, 0.25) is 0 Å². The normalized spacial score (nSPS) is 15.1. The molecule has 4 rings (SSSR count). The molecule has 4 nitrogen and oxygen atoms in total. The fraction of sp³-hybridized carbons (Fsp3) is 0.333. The number of hydrogen-bond acceptors (Lipinski definition) is 3. The third-order valence-electron chi connectivity index (χ3n) is 3.94. The molecule has 0 spiro atoms. The molecule has 0 radical (unpaired) electrons. The zero-order valence-corrected chi connectivity index (χ0v) is 12.1. The van der Waals surface area contributed by atoms with Gasteiger partial charge < -0.3 is 0 Å². The smallest absolute Gasteiger partial charge is 0.290 e. The number of nitrogens with zero attached hydrogens (tertiary/aromatic N) is 3. The molecule has 3 aromatic rings. The van der Waals surface area contributed by atoms with Crippen LogP contribution in [0.1, 0.15) is 12.8 Å². The molecular weight excluding hydrogens is 270 g/mol. The quantitative estimate of drug-likeness (QED) is 0.742. The van der Waals surface area contributed by atoms with Crippen LogP contribution < -0.4 is 5.69 Å². The average Bonchev–Trinajstić information content (AvgIpc) is 3.05. The van der Waals surface area contributed by atoms with Gasteiger partial charge in [0.25, 0.3) is 0 Å². The molecule has 0 aliphatic heterocycles. The Morgan fingerprint density at radius 3 is 2.90 bits per heavy atom. The standard InChI is InChI=1S/C15H15N3OS/c1-17-14-13(18(15(17)19)8-10-2-3-10)5-4-12(16-14)11-6-7-20-9-11/h4-7,9-10H,2-3,8H2,1H3. The molecule has 0 bridgehead atoms. The van der Waals surface area contributed by atoms with Gasteiger partial charge in [-0.2, -0.15) is 11.3 Å². The summed E-state index contributed by atoms with van der Waals surface area (Å²) in [5.41, 5.74) is 3.81. The lowest BCUT2D eigenvalue weighted by atomic mass is 10.2. The molecule has 1 fully saturated rings. The van der Waals surface area contributed by atoms with Gasteiger partial charge in [0.05, 0.1) is 11.2 Å². The fourth-order valence-corrected chi connectivity index (χ4v) is 3.23. The number of hydrogen-bond donors (Lipinski definition) is 0. The number of rotatable bonds is 3. The molecule has 102 valence electrons. The van der Waals surface area contributed by atoms with E-state index in [2.05, 4.69) is 16.4 Å². The van der Waals surface area contributed by atoms with E-state index in [-0.39, 0.29) is 5.69 Å². The number of imidazole rings is 1. The van der Waals surface area contributed by atoms with Crippen molar-refractivity contribution in [1.29, 1.82) is 0 Å². The highest BCUT2D eigenvalue weighted by Gasteiger charge is 2.24. The molecule has 5 heteroatoms. The van der Waals surface area contributed by atoms with Crippen molar-refractivity contribution in [2.45, 2.75) is 19.4 Å². The van der Waals surface area contributed by atoms with E-state index < -0.39 is 0 Å². The van der Waals surface area contributed by atoms with Gasteiger partial charge in [0.1, 0.15) is 0 Å². The average molecular weight is 285 g/mol. The van der Waals surface area contributed by atoms with Crippen molar-refractivity contribution in [1.82, 2.24) is 14.1 Å². The summed E-state index contributed by atoms with van der Waals surface area (Å²) in [6.07, 6.45) is 2.48. The molecule has 1 aliphatic rings. The van der Waals surface area contributed by atoms with Crippen LogP contribution >= 0.6 is 11.3 Å². The Labute approximate surface area is 120 Å². The van der Waals surface area contributed by atoms with Gasteiger partial charge in [0.15, 0.2) is 5.65 Å². The summed E-state index contributed by atoms with van der Waals surface area (Å²) in [7, 11) is 1.80. The molecular formula is C15H15N3OS. The topological polar surface area (TPSA) is 39.8 Å². The minimum atomic E-state index is 0.0434. The predicted octanol–water partition coefficient (Wildman–Crippen LogP) is 2.87. The molecule has 0 unspecified atom stereocenters. The van der Waals surface area contributed by atoms with Crippen molar-refractivity contribution in [3.8, 4) is 11.3 Å². The van der Waals surface area contributed by atoms with Crippen molar-refractivity contribution < 1.29 is 0 Å². The fourth-order valence-electron chi connectivity index (χ4n) is 2.58. The van der Waals surface area contributed by atoms with Gasteiger partial charge in [-0.05, 0) is 42.3 Å². The first-order valence-electron chi connectivity index (χ1n) is 6.83. The van der Waals surface area contributed by atoms with Gasteiger partial charge in [-0.15, -0.1) is 0 Å². The van der Waals surface area contributed by atoms with Crippen molar-refractivity contribution in [3.05, 3.63) is 39.4 Å². The van der Waals surface area contributed by atoms with Gasteiger partial charge in [0.2, 0.25) is 0 Å². The summed E-state index contributed by atoms with van der Waals surface area (Å²) >= 11 is 1.66. The highest BCUT2D eigenvalue weighted by Crippen LogP contribution is 2.31. The van der Waals surface area contributed by atoms with E-state index >= 15 is 0 Å². The van der Waals surface area contributed by atoms with Crippen LogP contribution in [0.15, 0.2) is 33.8 Å². The monoisotopic (exact) mass is 285 g/mol. The molecule has 0 N–H and O–H groups in total. The summed E-state index contributed by atoms with van der Waals surface area (Å²) in [5, 5.41) is 4.12. The Balaban J connectivity index is 1.90. The first-order chi connectivity index (χ1) is 9.74. The van der Waals surface area contributed by atoms with Crippen LogP contribution in [0, 0.1) is 5.92 Å². The molecule has 20 heavy (non-hydrogen) atoms. The van der Waals surface area contributed by atoms with Crippen molar-refractivity contribution in [3.63, 3.8) is 0 Å². The van der Waals surface area contributed by atoms with E-state index in [4.69, 9.17) is 0 Å². The van der Waals surface area contributed by atoms with Crippen LogP contribution in [0.4, 0.5) is 0 Å². The van der Waals surface area contributed by atoms with Crippen molar-refractivity contribution >= 4 is 22.5 Å². The van der Waals surface area contributed by atoms with Crippen molar-refractivity contribution in [2.75, 3.05) is 0 Å². The number of thiophene rings is 1. The second-order valence-electron chi connectivity index (χ2n) is 5.45. The zero-order valence-electron chi connectivity index (χ0n) is 11.2. The summed E-state index contributed by atoms with van der Waals surface area (Å²) in [4.78, 5) is 17.0. The van der Waals surface area contributed by atoms with E-state index in [0.717, 1.165) is 29.0 Å². The third-order valence-corrected chi connectivity index (χ3v) is 4.62. The second kappa shape index (κ2) is 4.31. The van der Waals surface area contributed by atoms with E-state index in [1.165, 1.54) is 12.8 Å². The van der Waals surface area contributed by atoms with Crippen LogP contribution in [-0.4, -0.2) is 14.1 Å². The first kappa shape index (κ1) is 11.9. The SMILES string of the molecule is Cn1c(=O)n(CC2CC2)c2ccc(-c3ccsc3)nc21. The van der Waals surface area contributed by atoms with Crippen LogP contribution in [0.5, 0.6) is 0 Å². The largest absolute Gasteiger partial charge is 0.330 e. The summed E-state index contributed by atoms with van der Waals surface area (Å²) in [5.74, 6) is 0.676.